The highest BCUT2D eigenvalue weighted by atomic mass is 16.5. The number of piperazine rings is 1. The monoisotopic (exact) mass is 341 g/mol. The summed E-state index contributed by atoms with van der Waals surface area (Å²) >= 11 is 0. The van der Waals surface area contributed by atoms with Crippen LogP contribution in [0.5, 0.6) is 5.75 Å². The number of hydrogen-bond donors (Lipinski definition) is 1. The Morgan fingerprint density at radius 1 is 1.12 bits per heavy atom. The van der Waals surface area contributed by atoms with E-state index in [0.29, 0.717) is 0 Å². The summed E-state index contributed by atoms with van der Waals surface area (Å²) in [6, 6.07) is 10.0. The lowest BCUT2D eigenvalue weighted by Crippen LogP contribution is -2.46. The standard InChI is InChI=1S/C19H27N5O/c1-3-23-12-14-24(15-13-23)19-21-11-9-18(22-19)20-10-8-16-6-4-5-7-17(16)25-2/h4-7,9,11H,3,8,10,12-15H2,1-2H3,(H,20,21,22). The number of likely N-dealkylation sites (N-methyl/N-ethyl adjacent to an activating group) is 1. The van der Waals surface area contributed by atoms with Gasteiger partial charge >= 0.3 is 0 Å². The van der Waals surface area contributed by atoms with E-state index in [1.807, 2.05) is 30.5 Å². The second-order valence-corrected chi connectivity index (χ2v) is 6.15. The fraction of sp³-hybridized carbons (Fsp3) is 0.474. The number of ether oxygens (including phenoxy) is 1. The highest BCUT2D eigenvalue weighted by molar-refractivity contribution is 5.42. The average molecular weight is 341 g/mol. The van der Waals surface area contributed by atoms with E-state index in [-0.39, 0.29) is 0 Å². The average Bonchev–Trinajstić information content (AvgIpc) is 2.69. The molecule has 6 heteroatoms. The molecule has 0 spiro atoms. The number of nitrogens with zero attached hydrogens (tertiary/aromatic N) is 4. The lowest BCUT2D eigenvalue weighted by molar-refractivity contribution is 0.270. The third-order valence-corrected chi connectivity index (χ3v) is 4.64. The minimum atomic E-state index is 0.806. The van der Waals surface area contributed by atoms with Gasteiger partial charge in [-0.15, -0.1) is 0 Å². The predicted octanol–water partition coefficient (Wildman–Crippen LogP) is 2.28. The summed E-state index contributed by atoms with van der Waals surface area (Å²) in [6.07, 6.45) is 2.72. The molecule has 134 valence electrons. The molecule has 25 heavy (non-hydrogen) atoms. The van der Waals surface area contributed by atoms with Gasteiger partial charge in [0.1, 0.15) is 11.6 Å². The number of para-hydroxylation sites is 1. The molecule has 0 atom stereocenters. The first kappa shape index (κ1) is 17.5. The van der Waals surface area contributed by atoms with Crippen molar-refractivity contribution in [3.05, 3.63) is 42.1 Å². The number of rotatable bonds is 7. The SMILES string of the molecule is CCN1CCN(c2nccc(NCCc3ccccc3OC)n2)CC1. The lowest BCUT2D eigenvalue weighted by Gasteiger charge is -2.34. The Labute approximate surface area is 149 Å². The van der Waals surface area contributed by atoms with Crippen LogP contribution in [0, 0.1) is 0 Å². The summed E-state index contributed by atoms with van der Waals surface area (Å²) in [5, 5.41) is 3.40. The first-order valence-corrected chi connectivity index (χ1v) is 8.96. The molecule has 0 aliphatic carbocycles. The van der Waals surface area contributed by atoms with Crippen LogP contribution in [-0.4, -0.2) is 61.2 Å². The second kappa shape index (κ2) is 8.67. The Morgan fingerprint density at radius 2 is 1.92 bits per heavy atom. The fourth-order valence-corrected chi connectivity index (χ4v) is 3.10. The molecule has 1 aromatic carbocycles. The van der Waals surface area contributed by atoms with Gasteiger partial charge in [0.25, 0.3) is 0 Å². The Hall–Kier alpha value is -2.34. The predicted molar refractivity (Wildman–Crippen MR) is 102 cm³/mol. The normalized spacial score (nSPS) is 15.2. The van der Waals surface area contributed by atoms with Crippen molar-refractivity contribution in [2.45, 2.75) is 13.3 Å². The molecule has 1 aromatic heterocycles. The van der Waals surface area contributed by atoms with Crippen LogP contribution in [0.15, 0.2) is 36.5 Å². The molecule has 0 amide bonds. The summed E-state index contributed by atoms with van der Waals surface area (Å²) in [5.41, 5.74) is 1.20. The van der Waals surface area contributed by atoms with Crippen molar-refractivity contribution >= 4 is 11.8 Å². The van der Waals surface area contributed by atoms with E-state index < -0.39 is 0 Å². The Morgan fingerprint density at radius 3 is 2.68 bits per heavy atom. The molecule has 2 aromatic rings. The zero-order valence-electron chi connectivity index (χ0n) is 15.1. The maximum Gasteiger partial charge on any atom is 0.227 e. The summed E-state index contributed by atoms with van der Waals surface area (Å²) in [4.78, 5) is 13.8. The Bertz CT molecular complexity index is 670. The van der Waals surface area contributed by atoms with Crippen molar-refractivity contribution in [3.8, 4) is 5.75 Å². The van der Waals surface area contributed by atoms with Crippen molar-refractivity contribution in [3.63, 3.8) is 0 Å². The lowest BCUT2D eigenvalue weighted by atomic mass is 10.1. The van der Waals surface area contributed by atoms with Gasteiger partial charge in [0.05, 0.1) is 7.11 Å². The van der Waals surface area contributed by atoms with Gasteiger partial charge in [-0.25, -0.2) is 4.98 Å². The van der Waals surface area contributed by atoms with Gasteiger partial charge in [0.15, 0.2) is 0 Å². The molecule has 3 rings (SSSR count). The van der Waals surface area contributed by atoms with Gasteiger partial charge < -0.3 is 19.9 Å². The maximum absolute atomic E-state index is 5.40. The van der Waals surface area contributed by atoms with Crippen LogP contribution in [0.4, 0.5) is 11.8 Å². The molecular formula is C19H27N5O. The van der Waals surface area contributed by atoms with Crippen molar-refractivity contribution in [2.24, 2.45) is 0 Å². The number of benzene rings is 1. The Balaban J connectivity index is 1.55. The van der Waals surface area contributed by atoms with Crippen LogP contribution >= 0.6 is 0 Å². The third-order valence-electron chi connectivity index (χ3n) is 4.64. The topological polar surface area (TPSA) is 53.5 Å². The quantitative estimate of drug-likeness (QED) is 0.834. The van der Waals surface area contributed by atoms with Gasteiger partial charge in [-0.05, 0) is 30.7 Å². The molecule has 1 N–H and O–H groups in total. The zero-order chi connectivity index (χ0) is 17.5. The van der Waals surface area contributed by atoms with Crippen LogP contribution < -0.4 is 15.0 Å². The van der Waals surface area contributed by atoms with Gasteiger partial charge in [0, 0.05) is 38.9 Å². The summed E-state index contributed by atoms with van der Waals surface area (Å²) in [6.45, 7) is 8.24. The van der Waals surface area contributed by atoms with E-state index in [1.54, 1.807) is 7.11 Å². The van der Waals surface area contributed by atoms with E-state index >= 15 is 0 Å². The van der Waals surface area contributed by atoms with Crippen molar-refractivity contribution < 1.29 is 4.74 Å². The van der Waals surface area contributed by atoms with Crippen molar-refractivity contribution in [2.75, 3.05) is 56.6 Å². The van der Waals surface area contributed by atoms with Gasteiger partial charge in [0.2, 0.25) is 5.95 Å². The van der Waals surface area contributed by atoms with Crippen LogP contribution in [0.25, 0.3) is 0 Å². The molecule has 0 bridgehead atoms. The molecule has 1 aliphatic rings. The molecule has 0 saturated carbocycles. The summed E-state index contributed by atoms with van der Waals surface area (Å²) < 4.78 is 5.40. The highest BCUT2D eigenvalue weighted by Gasteiger charge is 2.17. The number of anilines is 2. The molecule has 2 heterocycles. The van der Waals surface area contributed by atoms with E-state index in [0.717, 1.165) is 63.2 Å². The second-order valence-electron chi connectivity index (χ2n) is 6.15. The first-order chi connectivity index (χ1) is 12.3. The minimum absolute atomic E-state index is 0.806. The van der Waals surface area contributed by atoms with Crippen molar-refractivity contribution in [1.29, 1.82) is 0 Å². The molecule has 6 nitrogen and oxygen atoms in total. The van der Waals surface area contributed by atoms with Gasteiger partial charge in [-0.3, -0.25) is 0 Å². The Kier molecular flexibility index (Phi) is 6.06. The third kappa shape index (κ3) is 4.60. The van der Waals surface area contributed by atoms with E-state index in [2.05, 4.69) is 38.1 Å². The van der Waals surface area contributed by atoms with Crippen LogP contribution in [0.1, 0.15) is 12.5 Å². The summed E-state index contributed by atoms with van der Waals surface area (Å²) in [5.74, 6) is 2.62. The van der Waals surface area contributed by atoms with E-state index in [1.165, 1.54) is 5.56 Å². The van der Waals surface area contributed by atoms with Crippen LogP contribution in [-0.2, 0) is 6.42 Å². The van der Waals surface area contributed by atoms with Crippen LogP contribution in [0.2, 0.25) is 0 Å². The molecule has 0 unspecified atom stereocenters. The molecular weight excluding hydrogens is 314 g/mol. The molecule has 0 radical (unpaired) electrons. The highest BCUT2D eigenvalue weighted by Crippen LogP contribution is 2.18. The van der Waals surface area contributed by atoms with E-state index in [4.69, 9.17) is 4.74 Å². The molecule has 1 saturated heterocycles. The first-order valence-electron chi connectivity index (χ1n) is 8.96. The number of methoxy groups -OCH3 is 1. The fourth-order valence-electron chi connectivity index (χ4n) is 3.10. The number of nitrogens with one attached hydrogen (secondary N) is 1. The maximum atomic E-state index is 5.40. The number of hydrogen-bond acceptors (Lipinski definition) is 6. The van der Waals surface area contributed by atoms with E-state index in [9.17, 15) is 0 Å². The zero-order valence-corrected chi connectivity index (χ0v) is 15.1. The summed E-state index contributed by atoms with van der Waals surface area (Å²) in [7, 11) is 1.71. The smallest absolute Gasteiger partial charge is 0.227 e. The molecule has 1 fully saturated rings. The van der Waals surface area contributed by atoms with Crippen LogP contribution in [0.3, 0.4) is 0 Å². The molecule has 1 aliphatic heterocycles. The van der Waals surface area contributed by atoms with Crippen molar-refractivity contribution in [1.82, 2.24) is 14.9 Å². The van der Waals surface area contributed by atoms with Gasteiger partial charge in [-0.1, -0.05) is 25.1 Å². The largest absolute Gasteiger partial charge is 0.496 e. The minimum Gasteiger partial charge on any atom is -0.496 e. The number of aromatic nitrogens is 2. The van der Waals surface area contributed by atoms with Gasteiger partial charge in [-0.2, -0.15) is 4.98 Å².